The van der Waals surface area contributed by atoms with E-state index in [1.807, 2.05) is 6.92 Å². The molecule has 1 fully saturated rings. The van der Waals surface area contributed by atoms with E-state index >= 15 is 0 Å². The number of carbonyl (C=O) groups is 2. The van der Waals surface area contributed by atoms with Crippen LogP contribution >= 0.6 is 24.0 Å². The number of hydrogen-bond acceptors (Lipinski definition) is 4. The number of unbranched alkanes of at least 4 members (excludes halogenated alkanes) is 1. The van der Waals surface area contributed by atoms with E-state index in [1.165, 1.54) is 17.0 Å². The number of carboxylic acids is 1. The standard InChI is InChI=1S/C16H16FNO3S2/c1-2-3-4-12(15(20)21)18-14(19)13(23-16(18)22)9-10-5-7-11(17)8-6-10/h5-9,12H,2-4H2,1H3,(H,20,21)/b13-9-/t12-/m1/s1. The van der Waals surface area contributed by atoms with Gasteiger partial charge in [0, 0.05) is 0 Å². The second kappa shape index (κ2) is 7.70. The molecule has 122 valence electrons. The average Bonchev–Trinajstić information content (AvgIpc) is 2.77. The normalized spacial score (nSPS) is 17.8. The van der Waals surface area contributed by atoms with Crippen LogP contribution in [-0.2, 0) is 9.59 Å². The van der Waals surface area contributed by atoms with Crippen LogP contribution in [0.1, 0.15) is 31.7 Å². The number of thiocarbonyl (C=S) groups is 1. The molecule has 23 heavy (non-hydrogen) atoms. The third kappa shape index (κ3) is 4.17. The lowest BCUT2D eigenvalue weighted by molar-refractivity contribution is -0.145. The van der Waals surface area contributed by atoms with Crippen LogP contribution in [0.25, 0.3) is 6.08 Å². The second-order valence-corrected chi connectivity index (χ2v) is 6.78. The van der Waals surface area contributed by atoms with E-state index in [0.29, 0.717) is 23.3 Å². The molecule has 0 aliphatic carbocycles. The van der Waals surface area contributed by atoms with Crippen LogP contribution in [0.4, 0.5) is 4.39 Å². The van der Waals surface area contributed by atoms with Crippen LogP contribution < -0.4 is 0 Å². The molecule has 2 rings (SSSR count). The van der Waals surface area contributed by atoms with E-state index in [-0.39, 0.29) is 10.1 Å². The fourth-order valence-electron chi connectivity index (χ4n) is 2.22. The van der Waals surface area contributed by atoms with Gasteiger partial charge in [0.25, 0.3) is 5.91 Å². The van der Waals surface area contributed by atoms with Gasteiger partial charge >= 0.3 is 5.97 Å². The fourth-order valence-corrected chi connectivity index (χ4v) is 3.58. The molecule has 1 aromatic rings. The van der Waals surface area contributed by atoms with E-state index < -0.39 is 17.9 Å². The highest BCUT2D eigenvalue weighted by Crippen LogP contribution is 2.35. The molecule has 1 aliphatic rings. The summed E-state index contributed by atoms with van der Waals surface area (Å²) >= 11 is 6.25. The van der Waals surface area contributed by atoms with Crippen molar-refractivity contribution in [3.05, 3.63) is 40.6 Å². The molecular weight excluding hydrogens is 337 g/mol. The lowest BCUT2D eigenvalue weighted by atomic mass is 10.1. The largest absolute Gasteiger partial charge is 0.480 e. The molecule has 0 radical (unpaired) electrons. The molecule has 1 N–H and O–H groups in total. The van der Waals surface area contributed by atoms with Crippen LogP contribution in [0.2, 0.25) is 0 Å². The number of nitrogens with zero attached hydrogens (tertiary/aromatic N) is 1. The first kappa shape index (κ1) is 17.6. The van der Waals surface area contributed by atoms with Gasteiger partial charge in [-0.15, -0.1) is 0 Å². The van der Waals surface area contributed by atoms with E-state index in [2.05, 4.69) is 0 Å². The zero-order valence-corrected chi connectivity index (χ0v) is 14.1. The van der Waals surface area contributed by atoms with Crippen LogP contribution in [0.3, 0.4) is 0 Å². The molecule has 0 spiro atoms. The maximum Gasteiger partial charge on any atom is 0.326 e. The van der Waals surface area contributed by atoms with Gasteiger partial charge in [-0.1, -0.05) is 55.9 Å². The number of halogens is 1. The van der Waals surface area contributed by atoms with Gasteiger partial charge < -0.3 is 5.11 Å². The Morgan fingerprint density at radius 1 is 1.43 bits per heavy atom. The SMILES string of the molecule is CCCC[C@H](C(=O)O)N1C(=O)/C(=C/c2ccc(F)cc2)SC1=S. The number of aliphatic carboxylic acids is 1. The Kier molecular flexibility index (Phi) is 5.90. The van der Waals surface area contributed by atoms with Crippen molar-refractivity contribution in [2.75, 3.05) is 0 Å². The first-order valence-corrected chi connectivity index (χ1v) is 8.42. The van der Waals surface area contributed by atoms with E-state index in [1.54, 1.807) is 18.2 Å². The Bertz CT molecular complexity index is 658. The number of hydrogen-bond donors (Lipinski definition) is 1. The zero-order valence-electron chi connectivity index (χ0n) is 12.5. The van der Waals surface area contributed by atoms with E-state index in [0.717, 1.165) is 18.2 Å². The molecule has 1 atom stereocenters. The van der Waals surface area contributed by atoms with Crippen molar-refractivity contribution in [3.8, 4) is 0 Å². The quantitative estimate of drug-likeness (QED) is 0.625. The third-order valence-electron chi connectivity index (χ3n) is 3.42. The molecule has 4 nitrogen and oxygen atoms in total. The van der Waals surface area contributed by atoms with E-state index in [9.17, 15) is 19.1 Å². The molecule has 0 bridgehead atoms. The highest BCUT2D eigenvalue weighted by Gasteiger charge is 2.40. The lowest BCUT2D eigenvalue weighted by Crippen LogP contribution is -2.43. The number of rotatable bonds is 6. The van der Waals surface area contributed by atoms with Crippen LogP contribution in [0.5, 0.6) is 0 Å². The lowest BCUT2D eigenvalue weighted by Gasteiger charge is -2.22. The Morgan fingerprint density at radius 2 is 2.09 bits per heavy atom. The molecule has 1 saturated heterocycles. The summed E-state index contributed by atoms with van der Waals surface area (Å²) in [5.74, 6) is -1.83. The van der Waals surface area contributed by atoms with Crippen molar-refractivity contribution >= 4 is 46.3 Å². The summed E-state index contributed by atoms with van der Waals surface area (Å²) in [7, 11) is 0. The van der Waals surface area contributed by atoms with Gasteiger partial charge in [-0.05, 0) is 30.2 Å². The molecule has 1 aromatic carbocycles. The maximum atomic E-state index is 12.9. The predicted molar refractivity (Wildman–Crippen MR) is 92.4 cm³/mol. The number of carboxylic acid groups (broad SMARTS) is 1. The Hall–Kier alpha value is -1.73. The van der Waals surface area contributed by atoms with Crippen LogP contribution in [-0.4, -0.2) is 32.2 Å². The van der Waals surface area contributed by atoms with Gasteiger partial charge in [0.2, 0.25) is 0 Å². The Balaban J connectivity index is 2.24. The summed E-state index contributed by atoms with van der Waals surface area (Å²) in [4.78, 5) is 25.5. The summed E-state index contributed by atoms with van der Waals surface area (Å²) < 4.78 is 13.2. The summed E-state index contributed by atoms with van der Waals surface area (Å²) in [5, 5.41) is 9.38. The highest BCUT2D eigenvalue weighted by molar-refractivity contribution is 8.26. The minimum absolute atomic E-state index is 0.242. The second-order valence-electron chi connectivity index (χ2n) is 5.10. The monoisotopic (exact) mass is 353 g/mol. The number of carbonyl (C=O) groups excluding carboxylic acids is 1. The molecule has 0 unspecified atom stereocenters. The molecule has 0 aromatic heterocycles. The molecule has 1 aliphatic heterocycles. The van der Waals surface area contributed by atoms with E-state index in [4.69, 9.17) is 12.2 Å². The summed E-state index contributed by atoms with van der Waals surface area (Å²) in [6.45, 7) is 1.96. The van der Waals surface area contributed by atoms with Crippen molar-refractivity contribution in [2.24, 2.45) is 0 Å². The van der Waals surface area contributed by atoms with Crippen molar-refractivity contribution in [2.45, 2.75) is 32.2 Å². The minimum Gasteiger partial charge on any atom is -0.480 e. The average molecular weight is 353 g/mol. The molecule has 7 heteroatoms. The van der Waals surface area contributed by atoms with Gasteiger partial charge in [0.1, 0.15) is 16.2 Å². The number of thioether (sulfide) groups is 1. The number of amides is 1. The number of benzene rings is 1. The van der Waals surface area contributed by atoms with Gasteiger partial charge in [-0.2, -0.15) is 0 Å². The fraction of sp³-hybridized carbons (Fsp3) is 0.312. The third-order valence-corrected chi connectivity index (χ3v) is 4.75. The molecule has 1 heterocycles. The van der Waals surface area contributed by atoms with Crippen molar-refractivity contribution in [1.29, 1.82) is 0 Å². The zero-order chi connectivity index (χ0) is 17.0. The van der Waals surface area contributed by atoms with Crippen molar-refractivity contribution in [1.82, 2.24) is 4.90 Å². The summed E-state index contributed by atoms with van der Waals surface area (Å²) in [6, 6.07) is 4.75. The van der Waals surface area contributed by atoms with Gasteiger partial charge in [-0.25, -0.2) is 9.18 Å². The predicted octanol–water partition coefficient (Wildman–Crippen LogP) is 3.67. The first-order valence-electron chi connectivity index (χ1n) is 7.19. The molecular formula is C16H16FNO3S2. The van der Waals surface area contributed by atoms with Gasteiger partial charge in [0.15, 0.2) is 0 Å². The Labute approximate surface area is 143 Å². The summed E-state index contributed by atoms with van der Waals surface area (Å²) in [6.07, 6.45) is 3.49. The summed E-state index contributed by atoms with van der Waals surface area (Å²) in [5.41, 5.74) is 0.660. The molecule has 1 amide bonds. The topological polar surface area (TPSA) is 57.6 Å². The van der Waals surface area contributed by atoms with Gasteiger partial charge in [-0.3, -0.25) is 9.69 Å². The first-order chi connectivity index (χ1) is 10.9. The van der Waals surface area contributed by atoms with Crippen molar-refractivity contribution < 1.29 is 19.1 Å². The van der Waals surface area contributed by atoms with Crippen molar-refractivity contribution in [3.63, 3.8) is 0 Å². The highest BCUT2D eigenvalue weighted by atomic mass is 32.2. The maximum absolute atomic E-state index is 12.9. The minimum atomic E-state index is -1.06. The molecule has 0 saturated carbocycles. The smallest absolute Gasteiger partial charge is 0.326 e. The Morgan fingerprint density at radius 3 is 2.65 bits per heavy atom. The van der Waals surface area contributed by atoms with Crippen LogP contribution in [0, 0.1) is 5.82 Å². The van der Waals surface area contributed by atoms with Gasteiger partial charge in [0.05, 0.1) is 4.91 Å². The van der Waals surface area contributed by atoms with Crippen LogP contribution in [0.15, 0.2) is 29.2 Å².